The number of fused-ring (bicyclic) bond motifs is 1. The number of carbonyl (C=O) groups is 1. The van der Waals surface area contributed by atoms with Gasteiger partial charge in [-0.15, -0.1) is 0 Å². The number of carbonyl (C=O) groups excluding carboxylic acids is 1. The number of ether oxygens (including phenoxy) is 1. The Morgan fingerprint density at radius 1 is 1.39 bits per heavy atom. The van der Waals surface area contributed by atoms with Crippen LogP contribution >= 0.6 is 15.9 Å². The molecule has 3 rings (SSSR count). The fraction of sp³-hybridized carbons (Fsp3) is 0.417. The van der Waals surface area contributed by atoms with Crippen LogP contribution in [0.15, 0.2) is 34.7 Å². The van der Waals surface area contributed by atoms with Crippen molar-refractivity contribution in [3.8, 4) is 0 Å². The Labute approximate surface area is 114 Å². The number of halogens is 1. The van der Waals surface area contributed by atoms with Crippen molar-refractivity contribution in [2.24, 2.45) is 0 Å². The molecule has 1 amide bonds. The maximum absolute atomic E-state index is 12.4. The third-order valence-electron chi connectivity index (χ3n) is 3.20. The lowest BCUT2D eigenvalue weighted by Gasteiger charge is -2.38. The Morgan fingerprint density at radius 2 is 2.17 bits per heavy atom. The van der Waals surface area contributed by atoms with Crippen LogP contribution in [0.2, 0.25) is 0 Å². The fourth-order valence-electron chi connectivity index (χ4n) is 2.24. The summed E-state index contributed by atoms with van der Waals surface area (Å²) in [6, 6.07) is 0. The summed E-state index contributed by atoms with van der Waals surface area (Å²) in [5, 5.41) is 3.23. The Kier molecular flexibility index (Phi) is 3.13. The quantitative estimate of drug-likeness (QED) is 0.775. The molecule has 1 saturated heterocycles. The van der Waals surface area contributed by atoms with E-state index in [1.165, 1.54) is 0 Å². The van der Waals surface area contributed by atoms with Crippen molar-refractivity contribution in [3.63, 3.8) is 0 Å². The highest BCUT2D eigenvalue weighted by Gasteiger charge is 2.32. The molecule has 3 heterocycles. The van der Waals surface area contributed by atoms with Gasteiger partial charge in [-0.25, -0.2) is 0 Å². The number of nitrogens with zero attached hydrogens (tertiary/aromatic N) is 2. The molecule has 1 atom stereocenters. The molecule has 0 aliphatic carbocycles. The molecule has 0 saturated carbocycles. The van der Waals surface area contributed by atoms with Crippen molar-refractivity contribution in [2.75, 3.05) is 26.3 Å². The van der Waals surface area contributed by atoms with E-state index in [4.69, 9.17) is 4.74 Å². The first-order valence-electron chi connectivity index (χ1n) is 5.93. The maximum Gasteiger partial charge on any atom is 0.277 e. The monoisotopic (exact) mass is 311 g/mol. The molecule has 1 unspecified atom stereocenters. The lowest BCUT2D eigenvalue weighted by molar-refractivity contribution is -0.129. The third kappa shape index (κ3) is 2.06. The fourth-order valence-corrected chi connectivity index (χ4v) is 2.62. The Balaban J connectivity index is 1.83. The van der Waals surface area contributed by atoms with E-state index in [2.05, 4.69) is 26.1 Å². The molecule has 0 aromatic heterocycles. The number of morpholine rings is 1. The molecule has 18 heavy (non-hydrogen) atoms. The van der Waals surface area contributed by atoms with E-state index in [0.717, 1.165) is 17.6 Å². The Bertz CT molecular complexity index is 452. The highest BCUT2D eigenvalue weighted by atomic mass is 79.9. The highest BCUT2D eigenvalue weighted by Crippen LogP contribution is 2.23. The Morgan fingerprint density at radius 3 is 2.94 bits per heavy atom. The van der Waals surface area contributed by atoms with Crippen LogP contribution in [-0.2, 0) is 9.53 Å². The van der Waals surface area contributed by atoms with E-state index in [9.17, 15) is 4.79 Å². The number of hydrogen-bond acceptors (Lipinski definition) is 4. The first-order valence-corrected chi connectivity index (χ1v) is 6.72. The van der Waals surface area contributed by atoms with E-state index < -0.39 is 0 Å². The minimum atomic E-state index is -0.0800. The van der Waals surface area contributed by atoms with Gasteiger partial charge in [0.2, 0.25) is 0 Å². The van der Waals surface area contributed by atoms with Crippen molar-refractivity contribution in [2.45, 2.75) is 6.17 Å². The summed E-state index contributed by atoms with van der Waals surface area (Å²) in [6.45, 7) is 2.87. The maximum atomic E-state index is 12.4. The molecule has 3 aliphatic heterocycles. The van der Waals surface area contributed by atoms with Crippen LogP contribution in [0.4, 0.5) is 0 Å². The van der Waals surface area contributed by atoms with Crippen LogP contribution in [0.25, 0.3) is 0 Å². The lowest BCUT2D eigenvalue weighted by Crippen LogP contribution is -2.52. The standard InChI is InChI=1S/C12H14BrN3O2/c13-9-1-2-11-14-7-10(12(17)16(11)8-9)15-3-5-18-6-4-15/h1-2,7-8,11,14H,3-6H2. The van der Waals surface area contributed by atoms with Crippen molar-refractivity contribution in [1.82, 2.24) is 15.1 Å². The lowest BCUT2D eigenvalue weighted by atomic mass is 10.2. The zero-order valence-electron chi connectivity index (χ0n) is 9.80. The van der Waals surface area contributed by atoms with Crippen LogP contribution in [-0.4, -0.2) is 48.2 Å². The van der Waals surface area contributed by atoms with E-state index in [1.54, 1.807) is 4.90 Å². The summed E-state index contributed by atoms with van der Waals surface area (Å²) in [7, 11) is 0. The Hall–Kier alpha value is -1.27. The van der Waals surface area contributed by atoms with Crippen LogP contribution in [0.1, 0.15) is 0 Å². The van der Waals surface area contributed by atoms with E-state index in [1.807, 2.05) is 24.6 Å². The van der Waals surface area contributed by atoms with Crippen LogP contribution < -0.4 is 5.32 Å². The second kappa shape index (κ2) is 4.78. The van der Waals surface area contributed by atoms with Gasteiger partial charge in [0, 0.05) is 30.0 Å². The molecule has 1 fully saturated rings. The molecule has 3 aliphatic rings. The van der Waals surface area contributed by atoms with Gasteiger partial charge in [-0.05, 0) is 28.1 Å². The molecule has 1 N–H and O–H groups in total. The zero-order chi connectivity index (χ0) is 12.5. The van der Waals surface area contributed by atoms with Gasteiger partial charge in [0.05, 0.1) is 13.2 Å². The molecular weight excluding hydrogens is 298 g/mol. The normalized spacial score (nSPS) is 27.4. The smallest absolute Gasteiger partial charge is 0.277 e. The first-order chi connectivity index (χ1) is 8.75. The first kappa shape index (κ1) is 11.8. The summed E-state index contributed by atoms with van der Waals surface area (Å²) < 4.78 is 6.20. The molecule has 0 aromatic carbocycles. The van der Waals surface area contributed by atoms with Gasteiger partial charge in [0.25, 0.3) is 5.91 Å². The van der Waals surface area contributed by atoms with Gasteiger partial charge in [0.15, 0.2) is 0 Å². The molecule has 0 radical (unpaired) electrons. The SMILES string of the molecule is O=C1C(N2CCOCC2)=CNC2C=CC(Br)=CN12. The number of nitrogens with one attached hydrogen (secondary N) is 1. The van der Waals surface area contributed by atoms with Crippen LogP contribution in [0.5, 0.6) is 0 Å². The molecule has 5 nitrogen and oxygen atoms in total. The number of rotatable bonds is 1. The predicted molar refractivity (Wildman–Crippen MR) is 70.4 cm³/mol. The highest BCUT2D eigenvalue weighted by molar-refractivity contribution is 9.11. The second-order valence-corrected chi connectivity index (χ2v) is 5.24. The molecule has 0 spiro atoms. The summed E-state index contributed by atoms with van der Waals surface area (Å²) >= 11 is 3.39. The van der Waals surface area contributed by atoms with Crippen LogP contribution in [0, 0.1) is 0 Å². The number of allylic oxidation sites excluding steroid dienone is 2. The third-order valence-corrected chi connectivity index (χ3v) is 3.67. The van der Waals surface area contributed by atoms with Gasteiger partial charge in [-0.3, -0.25) is 9.69 Å². The molecule has 96 valence electrons. The second-order valence-electron chi connectivity index (χ2n) is 4.33. The molecule has 0 bridgehead atoms. The number of amides is 1. The van der Waals surface area contributed by atoms with Gasteiger partial charge in [-0.2, -0.15) is 0 Å². The summed E-state index contributed by atoms with van der Waals surface area (Å²) in [4.78, 5) is 16.2. The van der Waals surface area contributed by atoms with Crippen molar-refractivity contribution in [1.29, 1.82) is 0 Å². The largest absolute Gasteiger partial charge is 0.378 e. The van der Waals surface area contributed by atoms with E-state index >= 15 is 0 Å². The van der Waals surface area contributed by atoms with E-state index in [0.29, 0.717) is 18.9 Å². The molecular formula is C12H14BrN3O2. The van der Waals surface area contributed by atoms with Crippen molar-refractivity contribution < 1.29 is 9.53 Å². The topological polar surface area (TPSA) is 44.8 Å². The van der Waals surface area contributed by atoms with E-state index in [-0.39, 0.29) is 12.1 Å². The van der Waals surface area contributed by atoms with Gasteiger partial charge in [-0.1, -0.05) is 0 Å². The summed E-state index contributed by atoms with van der Waals surface area (Å²) in [6.07, 6.45) is 7.44. The van der Waals surface area contributed by atoms with Gasteiger partial charge >= 0.3 is 0 Å². The molecule has 6 heteroatoms. The predicted octanol–water partition coefficient (Wildman–Crippen LogP) is 0.724. The minimum absolute atomic E-state index is 0.0296. The molecule has 0 aromatic rings. The van der Waals surface area contributed by atoms with Crippen LogP contribution in [0.3, 0.4) is 0 Å². The average Bonchev–Trinajstić information content (AvgIpc) is 2.41. The zero-order valence-corrected chi connectivity index (χ0v) is 11.4. The minimum Gasteiger partial charge on any atom is -0.378 e. The summed E-state index contributed by atoms with van der Waals surface area (Å²) in [5.41, 5.74) is 0.710. The summed E-state index contributed by atoms with van der Waals surface area (Å²) in [5.74, 6) is 0.0296. The van der Waals surface area contributed by atoms with Crippen molar-refractivity contribution >= 4 is 21.8 Å². The van der Waals surface area contributed by atoms with Gasteiger partial charge in [0.1, 0.15) is 11.9 Å². The van der Waals surface area contributed by atoms with Gasteiger partial charge < -0.3 is 15.0 Å². The number of hydrogen-bond donors (Lipinski definition) is 1. The average molecular weight is 312 g/mol. The van der Waals surface area contributed by atoms with Crippen molar-refractivity contribution in [3.05, 3.63) is 34.7 Å².